The topological polar surface area (TPSA) is 112 Å². The fraction of sp³-hybridized carbons (Fsp3) is 0.200. The molecule has 30 heavy (non-hydrogen) atoms. The normalized spacial score (nSPS) is 12.0. The lowest BCUT2D eigenvalue weighted by molar-refractivity contribution is 0.132. The second kappa shape index (κ2) is 8.34. The highest BCUT2D eigenvalue weighted by Crippen LogP contribution is 2.26. The van der Waals surface area contributed by atoms with E-state index < -0.39 is 15.8 Å². The van der Waals surface area contributed by atoms with Crippen molar-refractivity contribution in [1.29, 1.82) is 0 Å². The molecule has 0 bridgehead atoms. The van der Waals surface area contributed by atoms with E-state index in [1.54, 1.807) is 6.33 Å². The third-order valence-electron chi connectivity index (χ3n) is 4.60. The number of rotatable bonds is 8. The van der Waals surface area contributed by atoms with Crippen molar-refractivity contribution >= 4 is 37.8 Å². The van der Waals surface area contributed by atoms with Gasteiger partial charge in [0.15, 0.2) is 5.82 Å². The molecule has 0 amide bonds. The zero-order valence-electron chi connectivity index (χ0n) is 16.0. The minimum atomic E-state index is -3.78. The number of anilines is 1. The number of benzene rings is 2. The van der Waals surface area contributed by atoms with Crippen molar-refractivity contribution < 1.29 is 17.5 Å². The molecule has 8 nitrogen and oxygen atoms in total. The summed E-state index contributed by atoms with van der Waals surface area (Å²) in [6.45, 7) is 1.11. The number of ether oxygens (including phenoxy) is 1. The molecule has 2 aromatic carbocycles. The van der Waals surface area contributed by atoms with E-state index in [1.807, 2.05) is 28.8 Å². The number of fused-ring (bicyclic) bond motifs is 3. The lowest BCUT2D eigenvalue weighted by Crippen LogP contribution is -2.27. The van der Waals surface area contributed by atoms with Crippen LogP contribution in [0.2, 0.25) is 0 Å². The van der Waals surface area contributed by atoms with Gasteiger partial charge in [0.1, 0.15) is 11.3 Å². The Balaban J connectivity index is 1.35. The number of nitrogens with one attached hydrogen (secondary N) is 1. The number of hydrogen-bond acceptors (Lipinski definition) is 6. The van der Waals surface area contributed by atoms with Gasteiger partial charge in [-0.25, -0.2) is 27.5 Å². The molecule has 0 saturated carbocycles. The quantitative estimate of drug-likeness (QED) is 0.416. The Morgan fingerprint density at radius 3 is 2.80 bits per heavy atom. The van der Waals surface area contributed by atoms with Crippen LogP contribution < -0.4 is 10.5 Å². The summed E-state index contributed by atoms with van der Waals surface area (Å²) in [5.41, 5.74) is 8.33. The molecule has 0 saturated heterocycles. The van der Waals surface area contributed by atoms with Gasteiger partial charge in [-0.05, 0) is 24.3 Å². The van der Waals surface area contributed by atoms with Gasteiger partial charge in [-0.2, -0.15) is 0 Å². The maximum absolute atomic E-state index is 13.2. The molecule has 4 aromatic rings. The lowest BCUT2D eigenvalue weighted by atomic mass is 10.2. The molecule has 0 atom stereocenters. The van der Waals surface area contributed by atoms with Gasteiger partial charge in [-0.3, -0.25) is 0 Å². The van der Waals surface area contributed by atoms with Crippen LogP contribution in [-0.2, 0) is 21.3 Å². The number of imidazole rings is 1. The summed E-state index contributed by atoms with van der Waals surface area (Å²) in [6, 6.07) is 12.5. The average Bonchev–Trinajstić information content (AvgIpc) is 3.16. The Morgan fingerprint density at radius 1 is 1.13 bits per heavy atom. The van der Waals surface area contributed by atoms with Crippen LogP contribution in [-0.4, -0.2) is 42.7 Å². The van der Waals surface area contributed by atoms with E-state index in [-0.39, 0.29) is 18.0 Å². The van der Waals surface area contributed by atoms with Crippen LogP contribution in [0.4, 0.5) is 10.2 Å². The van der Waals surface area contributed by atoms with Crippen molar-refractivity contribution in [2.24, 2.45) is 0 Å². The van der Waals surface area contributed by atoms with E-state index in [4.69, 9.17) is 10.5 Å². The van der Waals surface area contributed by atoms with E-state index in [9.17, 15) is 12.8 Å². The van der Waals surface area contributed by atoms with Crippen molar-refractivity contribution in [2.75, 3.05) is 25.5 Å². The second-order valence-corrected chi connectivity index (χ2v) is 8.38. The van der Waals surface area contributed by atoms with Gasteiger partial charge in [0.25, 0.3) is 0 Å². The average molecular weight is 429 g/mol. The third-order valence-corrected chi connectivity index (χ3v) is 6.06. The fourth-order valence-electron chi connectivity index (χ4n) is 3.21. The van der Waals surface area contributed by atoms with Crippen LogP contribution in [0, 0.1) is 5.82 Å². The van der Waals surface area contributed by atoms with Gasteiger partial charge in [0.05, 0.1) is 35.5 Å². The summed E-state index contributed by atoms with van der Waals surface area (Å²) >= 11 is 0. The number of nitrogens with two attached hydrogens (primary N) is 1. The maximum Gasteiger partial charge on any atom is 0.240 e. The Labute approximate surface area is 172 Å². The van der Waals surface area contributed by atoms with Crippen LogP contribution in [0.25, 0.3) is 21.9 Å². The van der Waals surface area contributed by atoms with Crippen LogP contribution in [0.5, 0.6) is 0 Å². The first-order valence-corrected chi connectivity index (χ1v) is 10.8. The highest BCUT2D eigenvalue weighted by atomic mass is 32.2. The van der Waals surface area contributed by atoms with Gasteiger partial charge in [-0.1, -0.05) is 24.3 Å². The van der Waals surface area contributed by atoms with Crippen molar-refractivity contribution in [1.82, 2.24) is 19.3 Å². The van der Waals surface area contributed by atoms with Crippen molar-refractivity contribution in [3.63, 3.8) is 0 Å². The first kappa shape index (κ1) is 20.2. The zero-order chi connectivity index (χ0) is 21.1. The molecular weight excluding hydrogens is 409 g/mol. The van der Waals surface area contributed by atoms with Gasteiger partial charge in [0, 0.05) is 18.5 Å². The molecule has 0 unspecified atom stereocenters. The second-order valence-electron chi connectivity index (χ2n) is 6.62. The number of aromatic nitrogens is 3. The van der Waals surface area contributed by atoms with Gasteiger partial charge < -0.3 is 15.0 Å². The Hall–Kier alpha value is -3.08. The summed E-state index contributed by atoms with van der Waals surface area (Å²) in [6.07, 6.45) is 1.69. The number of halogens is 1. The molecule has 0 aliphatic rings. The number of pyridine rings is 1. The smallest absolute Gasteiger partial charge is 0.240 e. The predicted molar refractivity (Wildman–Crippen MR) is 112 cm³/mol. The minimum absolute atomic E-state index is 0.0727. The van der Waals surface area contributed by atoms with E-state index in [0.29, 0.717) is 24.5 Å². The molecule has 0 aliphatic carbocycles. The number of sulfonamides is 1. The number of nitrogens with zero attached hydrogens (tertiary/aromatic N) is 3. The van der Waals surface area contributed by atoms with Gasteiger partial charge >= 0.3 is 0 Å². The molecular formula is C20H20FN5O3S. The third kappa shape index (κ3) is 4.11. The summed E-state index contributed by atoms with van der Waals surface area (Å²) in [7, 11) is -3.78. The Kier molecular flexibility index (Phi) is 5.62. The van der Waals surface area contributed by atoms with Crippen molar-refractivity contribution in [2.45, 2.75) is 11.4 Å². The lowest BCUT2D eigenvalue weighted by Gasteiger charge is -2.09. The highest BCUT2D eigenvalue weighted by Gasteiger charge is 2.14. The molecule has 2 heterocycles. The zero-order valence-corrected chi connectivity index (χ0v) is 16.8. The minimum Gasteiger partial charge on any atom is -0.382 e. The fourth-order valence-corrected chi connectivity index (χ4v) is 4.25. The van der Waals surface area contributed by atoms with Crippen molar-refractivity contribution in [3.8, 4) is 0 Å². The van der Waals surface area contributed by atoms with Crippen LogP contribution in [0.1, 0.15) is 0 Å². The standard InChI is InChI=1S/C20H20FN5O3S/c21-14-4-3-5-15(12-14)30(27,28)24-8-10-29-11-9-26-13-23-18-19(26)16-6-1-2-7-17(16)25-20(18)22/h1-7,12-13,24H,8-11H2,(H2,22,25). The maximum atomic E-state index is 13.2. The summed E-state index contributed by atoms with van der Waals surface area (Å²) < 4.78 is 47.4. The predicted octanol–water partition coefficient (Wildman–Crippen LogP) is 2.30. The summed E-state index contributed by atoms with van der Waals surface area (Å²) in [4.78, 5) is 8.61. The van der Waals surface area contributed by atoms with E-state index in [2.05, 4.69) is 14.7 Å². The monoisotopic (exact) mass is 429 g/mol. The largest absolute Gasteiger partial charge is 0.382 e. The summed E-state index contributed by atoms with van der Waals surface area (Å²) in [5, 5.41) is 0.946. The first-order valence-electron chi connectivity index (χ1n) is 9.28. The van der Waals surface area contributed by atoms with E-state index >= 15 is 0 Å². The van der Waals surface area contributed by atoms with Gasteiger partial charge in [-0.15, -0.1) is 0 Å². The van der Waals surface area contributed by atoms with E-state index in [0.717, 1.165) is 22.5 Å². The molecule has 10 heteroatoms. The number of para-hydroxylation sites is 1. The molecule has 4 rings (SSSR count). The molecule has 2 aromatic heterocycles. The highest BCUT2D eigenvalue weighted by molar-refractivity contribution is 7.89. The Bertz CT molecular complexity index is 1310. The van der Waals surface area contributed by atoms with Crippen LogP contribution in [0.3, 0.4) is 0 Å². The molecule has 0 aliphatic heterocycles. The molecule has 156 valence electrons. The molecule has 0 radical (unpaired) electrons. The SMILES string of the molecule is Nc1nc2ccccc2c2c1ncn2CCOCCNS(=O)(=O)c1cccc(F)c1. The van der Waals surface area contributed by atoms with Crippen LogP contribution in [0.15, 0.2) is 59.8 Å². The molecule has 0 spiro atoms. The first-order chi connectivity index (χ1) is 14.5. The van der Waals surface area contributed by atoms with E-state index in [1.165, 1.54) is 18.2 Å². The number of nitrogen functional groups attached to an aromatic ring is 1. The molecule has 3 N–H and O–H groups in total. The molecule has 0 fully saturated rings. The van der Waals surface area contributed by atoms with Gasteiger partial charge in [0.2, 0.25) is 10.0 Å². The number of hydrogen-bond donors (Lipinski definition) is 2. The summed E-state index contributed by atoms with van der Waals surface area (Å²) in [5.74, 6) is -0.236. The van der Waals surface area contributed by atoms with Crippen LogP contribution >= 0.6 is 0 Å². The Morgan fingerprint density at radius 2 is 1.97 bits per heavy atom. The van der Waals surface area contributed by atoms with Crippen molar-refractivity contribution in [3.05, 3.63) is 60.7 Å².